The van der Waals surface area contributed by atoms with E-state index in [4.69, 9.17) is 0 Å². The molecular weight excluding hydrogens is 386 g/mol. The summed E-state index contributed by atoms with van der Waals surface area (Å²) in [6.07, 6.45) is 0. The molecule has 1 nitrogen and oxygen atoms in total. The zero-order valence-corrected chi connectivity index (χ0v) is 14.0. The summed E-state index contributed by atoms with van der Waals surface area (Å²) in [4.78, 5) is 1.32. The van der Waals surface area contributed by atoms with Gasteiger partial charge in [-0.15, -0.1) is 11.3 Å². The quantitative estimate of drug-likeness (QED) is 0.569. The summed E-state index contributed by atoms with van der Waals surface area (Å²) in [5, 5.41) is 8.10. The van der Waals surface area contributed by atoms with Crippen molar-refractivity contribution in [2.75, 3.05) is 5.32 Å². The average Bonchev–Trinajstić information content (AvgIpc) is 2.84. The molecule has 0 saturated carbocycles. The predicted octanol–water partition coefficient (Wildman–Crippen LogP) is 6.04. The largest absolute Gasteiger partial charge is 0.380 e. The molecule has 0 saturated heterocycles. The van der Waals surface area contributed by atoms with Crippen molar-refractivity contribution >= 4 is 59.7 Å². The highest BCUT2D eigenvalue weighted by atomic mass is 79.9. The Labute approximate surface area is 132 Å². The van der Waals surface area contributed by atoms with Crippen molar-refractivity contribution in [2.45, 2.75) is 6.54 Å². The minimum Gasteiger partial charge on any atom is -0.380 e. The number of hydrogen-bond acceptors (Lipinski definition) is 2. The van der Waals surface area contributed by atoms with Crippen LogP contribution in [-0.4, -0.2) is 0 Å². The number of thiophene rings is 1. The van der Waals surface area contributed by atoms with E-state index in [1.54, 1.807) is 11.3 Å². The smallest absolute Gasteiger partial charge is 0.0494 e. The van der Waals surface area contributed by atoms with Crippen LogP contribution in [-0.2, 0) is 6.54 Å². The van der Waals surface area contributed by atoms with Crippen LogP contribution in [0.25, 0.3) is 10.8 Å². The molecule has 4 heteroatoms. The number of benzene rings is 2. The number of halogens is 2. The summed E-state index contributed by atoms with van der Waals surface area (Å²) in [6.45, 7) is 0.849. The van der Waals surface area contributed by atoms with Crippen LogP contribution in [0.4, 0.5) is 5.69 Å². The van der Waals surface area contributed by atoms with Crippen LogP contribution in [0.5, 0.6) is 0 Å². The molecule has 0 amide bonds. The van der Waals surface area contributed by atoms with Crippen molar-refractivity contribution in [3.8, 4) is 0 Å². The van der Waals surface area contributed by atoms with Crippen LogP contribution in [0.1, 0.15) is 4.88 Å². The summed E-state index contributed by atoms with van der Waals surface area (Å²) in [5.74, 6) is 0. The second-order valence-corrected chi connectivity index (χ2v) is 6.99. The average molecular weight is 397 g/mol. The van der Waals surface area contributed by atoms with Gasteiger partial charge in [-0.25, -0.2) is 0 Å². The van der Waals surface area contributed by atoms with Gasteiger partial charge in [0.05, 0.1) is 0 Å². The molecule has 0 unspecified atom stereocenters. The van der Waals surface area contributed by atoms with E-state index >= 15 is 0 Å². The Morgan fingerprint density at radius 1 is 1.00 bits per heavy atom. The van der Waals surface area contributed by atoms with Crippen molar-refractivity contribution in [1.82, 2.24) is 0 Å². The number of hydrogen-bond donors (Lipinski definition) is 1. The molecule has 0 atom stereocenters. The Bertz CT molecular complexity index is 721. The topological polar surface area (TPSA) is 12.0 Å². The summed E-state index contributed by atoms with van der Waals surface area (Å²) in [7, 11) is 0. The van der Waals surface area contributed by atoms with Crippen LogP contribution in [0.3, 0.4) is 0 Å². The monoisotopic (exact) mass is 395 g/mol. The van der Waals surface area contributed by atoms with Gasteiger partial charge in [-0.2, -0.15) is 0 Å². The molecule has 2 aromatic carbocycles. The third kappa shape index (κ3) is 2.86. The first-order valence-corrected chi connectivity index (χ1v) is 8.34. The molecule has 0 aliphatic carbocycles. The summed E-state index contributed by atoms with van der Waals surface area (Å²) in [6, 6.07) is 14.8. The first-order valence-electron chi connectivity index (χ1n) is 5.88. The van der Waals surface area contributed by atoms with Gasteiger partial charge < -0.3 is 5.32 Å². The van der Waals surface area contributed by atoms with Crippen LogP contribution in [0, 0.1) is 0 Å². The Hall–Kier alpha value is -0.840. The minimum atomic E-state index is 0.849. The number of nitrogens with one attached hydrogen (secondary N) is 1. The second kappa shape index (κ2) is 5.65. The summed E-state index contributed by atoms with van der Waals surface area (Å²) >= 11 is 8.84. The van der Waals surface area contributed by atoms with Gasteiger partial charge in [0, 0.05) is 36.8 Å². The number of rotatable bonds is 3. The lowest BCUT2D eigenvalue weighted by atomic mass is 10.1. The van der Waals surface area contributed by atoms with Gasteiger partial charge in [0.2, 0.25) is 0 Å². The zero-order chi connectivity index (χ0) is 13.2. The van der Waals surface area contributed by atoms with Gasteiger partial charge in [0.15, 0.2) is 0 Å². The molecule has 0 spiro atoms. The first kappa shape index (κ1) is 13.2. The molecule has 1 heterocycles. The van der Waals surface area contributed by atoms with Crippen molar-refractivity contribution in [3.05, 3.63) is 61.7 Å². The van der Waals surface area contributed by atoms with Crippen LogP contribution < -0.4 is 5.32 Å². The highest BCUT2D eigenvalue weighted by Gasteiger charge is 2.04. The SMILES string of the molecule is Brc1csc(CNc2ccc(Br)c3ccccc23)c1. The van der Waals surface area contributed by atoms with Gasteiger partial charge in [0.1, 0.15) is 0 Å². The lowest BCUT2D eigenvalue weighted by Gasteiger charge is -2.10. The number of anilines is 1. The fourth-order valence-electron chi connectivity index (χ4n) is 2.05. The van der Waals surface area contributed by atoms with E-state index in [1.807, 2.05) is 0 Å². The molecule has 0 bridgehead atoms. The van der Waals surface area contributed by atoms with Crippen molar-refractivity contribution < 1.29 is 0 Å². The van der Waals surface area contributed by atoms with Gasteiger partial charge in [-0.3, -0.25) is 0 Å². The van der Waals surface area contributed by atoms with Crippen molar-refractivity contribution in [1.29, 1.82) is 0 Å². The third-order valence-corrected chi connectivity index (χ3v) is 5.33. The highest BCUT2D eigenvalue weighted by Crippen LogP contribution is 2.30. The first-order chi connectivity index (χ1) is 9.24. The summed E-state index contributed by atoms with van der Waals surface area (Å²) < 4.78 is 2.28. The van der Waals surface area contributed by atoms with E-state index in [0.717, 1.165) is 15.5 Å². The van der Waals surface area contributed by atoms with E-state index in [2.05, 4.69) is 85.0 Å². The molecule has 3 rings (SSSR count). The molecule has 0 aliphatic rings. The maximum Gasteiger partial charge on any atom is 0.0494 e. The Morgan fingerprint density at radius 2 is 1.79 bits per heavy atom. The predicted molar refractivity (Wildman–Crippen MR) is 91.0 cm³/mol. The molecule has 0 radical (unpaired) electrons. The van der Waals surface area contributed by atoms with E-state index in [0.29, 0.717) is 0 Å². The van der Waals surface area contributed by atoms with Gasteiger partial charge >= 0.3 is 0 Å². The molecule has 1 aromatic heterocycles. The van der Waals surface area contributed by atoms with Gasteiger partial charge in [-0.05, 0) is 39.5 Å². The molecule has 3 aromatic rings. The lowest BCUT2D eigenvalue weighted by Crippen LogP contribution is -1.98. The Morgan fingerprint density at radius 3 is 2.53 bits per heavy atom. The Kier molecular flexibility index (Phi) is 3.91. The second-order valence-electron chi connectivity index (χ2n) is 4.23. The van der Waals surface area contributed by atoms with Crippen LogP contribution in [0.15, 0.2) is 56.8 Å². The van der Waals surface area contributed by atoms with Crippen molar-refractivity contribution in [2.24, 2.45) is 0 Å². The fraction of sp³-hybridized carbons (Fsp3) is 0.0667. The minimum absolute atomic E-state index is 0.849. The molecule has 1 N–H and O–H groups in total. The van der Waals surface area contributed by atoms with Crippen molar-refractivity contribution in [3.63, 3.8) is 0 Å². The van der Waals surface area contributed by atoms with E-state index < -0.39 is 0 Å². The molecule has 0 fully saturated rings. The highest BCUT2D eigenvalue weighted by molar-refractivity contribution is 9.11. The standard InChI is InChI=1S/C15H11Br2NS/c16-10-7-11(19-9-10)8-18-15-6-5-14(17)12-3-1-2-4-13(12)15/h1-7,9,18H,8H2. The summed E-state index contributed by atoms with van der Waals surface area (Å²) in [5.41, 5.74) is 1.17. The molecular formula is C15H11Br2NS. The fourth-order valence-corrected chi connectivity index (χ4v) is 3.91. The van der Waals surface area contributed by atoms with E-state index in [-0.39, 0.29) is 0 Å². The van der Waals surface area contributed by atoms with E-state index in [9.17, 15) is 0 Å². The van der Waals surface area contributed by atoms with Gasteiger partial charge in [0.25, 0.3) is 0 Å². The molecule has 19 heavy (non-hydrogen) atoms. The third-order valence-electron chi connectivity index (χ3n) is 2.95. The Balaban J connectivity index is 1.91. The maximum absolute atomic E-state index is 3.60. The van der Waals surface area contributed by atoms with Crippen LogP contribution in [0.2, 0.25) is 0 Å². The van der Waals surface area contributed by atoms with Crippen LogP contribution >= 0.6 is 43.2 Å². The zero-order valence-electron chi connectivity index (χ0n) is 9.99. The lowest BCUT2D eigenvalue weighted by molar-refractivity contribution is 1.20. The van der Waals surface area contributed by atoms with E-state index in [1.165, 1.54) is 21.3 Å². The molecule has 0 aliphatic heterocycles. The maximum atomic E-state index is 3.60. The molecule has 96 valence electrons. The number of fused-ring (bicyclic) bond motifs is 1. The van der Waals surface area contributed by atoms with Gasteiger partial charge in [-0.1, -0.05) is 40.2 Å². The normalized spacial score (nSPS) is 10.8.